The monoisotopic (exact) mass is 421 g/mol. The van der Waals surface area contributed by atoms with E-state index in [2.05, 4.69) is 28.5 Å². The molecule has 5 nitrogen and oxygen atoms in total. The maximum Gasteiger partial charge on any atom is 0.158 e. The first kappa shape index (κ1) is 19.2. The van der Waals surface area contributed by atoms with E-state index in [4.69, 9.17) is 9.98 Å². The number of aryl methyl sites for hydroxylation is 1. The molecule has 2 aromatic carbocycles. The standard InChI is InChI=1S/C23H24FN5S/c1-2-20-28-21-22(26-18-5-3-4-6-19(18)27-23(21)30-20)29-12-11-25-17(14-29)13-15-7-9-16(24)10-8-15/h3-10,17,25,27H,2,11-14H2,1H3/t17-/m1/s1. The third-order valence-electron chi connectivity index (χ3n) is 5.51. The van der Waals surface area contributed by atoms with E-state index in [1.807, 2.05) is 30.3 Å². The van der Waals surface area contributed by atoms with E-state index in [0.29, 0.717) is 0 Å². The molecule has 2 aliphatic rings. The van der Waals surface area contributed by atoms with Gasteiger partial charge in [0.1, 0.15) is 16.5 Å². The number of benzene rings is 2. The summed E-state index contributed by atoms with van der Waals surface area (Å²) in [7, 11) is 0. The van der Waals surface area contributed by atoms with Crippen LogP contribution < -0.4 is 10.6 Å². The van der Waals surface area contributed by atoms with Crippen molar-refractivity contribution in [3.8, 4) is 0 Å². The summed E-state index contributed by atoms with van der Waals surface area (Å²) in [4.78, 5) is 12.3. The second kappa shape index (κ2) is 8.16. The Hall–Kier alpha value is -2.77. The van der Waals surface area contributed by atoms with Crippen LogP contribution in [0.1, 0.15) is 23.2 Å². The molecule has 0 amide bonds. The van der Waals surface area contributed by atoms with Crippen LogP contribution in [0, 0.1) is 5.82 Å². The van der Waals surface area contributed by atoms with Crippen LogP contribution in [0.15, 0.2) is 53.5 Å². The zero-order valence-corrected chi connectivity index (χ0v) is 17.7. The smallest absolute Gasteiger partial charge is 0.158 e. The fraction of sp³-hybridized carbons (Fsp3) is 0.304. The van der Waals surface area contributed by atoms with Gasteiger partial charge in [-0.1, -0.05) is 31.2 Å². The summed E-state index contributed by atoms with van der Waals surface area (Å²) >= 11 is 1.70. The van der Waals surface area contributed by atoms with E-state index in [0.717, 1.165) is 71.0 Å². The molecule has 0 aliphatic carbocycles. The molecule has 7 heteroatoms. The zero-order valence-electron chi connectivity index (χ0n) is 16.9. The van der Waals surface area contributed by atoms with Gasteiger partial charge in [-0.05, 0) is 42.7 Å². The van der Waals surface area contributed by atoms with Crippen LogP contribution in [-0.2, 0) is 12.8 Å². The van der Waals surface area contributed by atoms with Gasteiger partial charge in [-0.3, -0.25) is 0 Å². The number of aromatic nitrogens is 1. The Morgan fingerprint density at radius 2 is 2.00 bits per heavy atom. The summed E-state index contributed by atoms with van der Waals surface area (Å²) < 4.78 is 13.3. The van der Waals surface area contributed by atoms with Crippen molar-refractivity contribution in [1.82, 2.24) is 15.2 Å². The van der Waals surface area contributed by atoms with Crippen LogP contribution in [0.25, 0.3) is 0 Å². The zero-order chi connectivity index (χ0) is 20.5. The van der Waals surface area contributed by atoms with Crippen molar-refractivity contribution in [2.24, 2.45) is 4.99 Å². The number of piperazine rings is 1. The highest BCUT2D eigenvalue weighted by Crippen LogP contribution is 2.37. The van der Waals surface area contributed by atoms with E-state index in [-0.39, 0.29) is 11.9 Å². The molecular weight excluding hydrogens is 397 g/mol. The lowest BCUT2D eigenvalue weighted by Crippen LogP contribution is -2.53. The van der Waals surface area contributed by atoms with E-state index in [1.165, 1.54) is 12.1 Å². The topological polar surface area (TPSA) is 52.6 Å². The second-order valence-electron chi connectivity index (χ2n) is 7.64. The highest BCUT2D eigenvalue weighted by Gasteiger charge is 2.29. The normalized spacial score (nSPS) is 18.1. The Labute approximate surface area is 179 Å². The predicted octanol–water partition coefficient (Wildman–Crippen LogP) is 4.50. The quantitative estimate of drug-likeness (QED) is 0.654. The molecule has 3 aromatic rings. The lowest BCUT2D eigenvalue weighted by molar-refractivity contribution is 0.290. The van der Waals surface area contributed by atoms with Gasteiger partial charge in [-0.15, -0.1) is 11.3 Å². The number of thiazole rings is 1. The summed E-state index contributed by atoms with van der Waals surface area (Å²) in [6, 6.07) is 15.2. The van der Waals surface area contributed by atoms with Gasteiger partial charge in [0.25, 0.3) is 0 Å². The summed E-state index contributed by atoms with van der Waals surface area (Å²) in [6.45, 7) is 4.71. The van der Waals surface area contributed by atoms with Gasteiger partial charge < -0.3 is 15.5 Å². The molecule has 1 fully saturated rings. The summed E-state index contributed by atoms with van der Waals surface area (Å²) in [6.07, 6.45) is 1.76. The lowest BCUT2D eigenvalue weighted by Gasteiger charge is -2.35. The molecule has 1 aromatic heterocycles. The number of hydrogen-bond acceptors (Lipinski definition) is 6. The number of nitrogens with one attached hydrogen (secondary N) is 2. The van der Waals surface area contributed by atoms with Crippen molar-refractivity contribution in [3.63, 3.8) is 0 Å². The molecule has 1 atom stereocenters. The summed E-state index contributed by atoms with van der Waals surface area (Å²) in [5, 5.41) is 9.32. The fourth-order valence-electron chi connectivity index (χ4n) is 4.00. The number of para-hydroxylation sites is 2. The Morgan fingerprint density at radius 1 is 1.17 bits per heavy atom. The lowest BCUT2D eigenvalue weighted by atomic mass is 10.0. The fourth-order valence-corrected chi connectivity index (χ4v) is 4.91. The summed E-state index contributed by atoms with van der Waals surface area (Å²) in [5.41, 5.74) is 4.02. The van der Waals surface area contributed by atoms with E-state index in [9.17, 15) is 4.39 Å². The van der Waals surface area contributed by atoms with Crippen LogP contribution in [0.2, 0.25) is 0 Å². The molecule has 0 unspecified atom stereocenters. The number of halogens is 1. The molecular formula is C23H24FN5S. The van der Waals surface area contributed by atoms with Gasteiger partial charge >= 0.3 is 0 Å². The van der Waals surface area contributed by atoms with Gasteiger partial charge in [0.05, 0.1) is 16.4 Å². The largest absolute Gasteiger partial charge is 0.352 e. The maximum atomic E-state index is 13.3. The van der Waals surface area contributed by atoms with Gasteiger partial charge in [0, 0.05) is 25.7 Å². The molecule has 0 spiro atoms. The highest BCUT2D eigenvalue weighted by molar-refractivity contribution is 7.16. The second-order valence-corrected chi connectivity index (χ2v) is 8.73. The van der Waals surface area contributed by atoms with Gasteiger partial charge in [0.15, 0.2) is 5.84 Å². The SMILES string of the molecule is CCc1nc2c(s1)Nc1ccccc1N=C2N1CCN[C@H](Cc2ccc(F)cc2)C1. The maximum absolute atomic E-state index is 13.3. The van der Waals surface area contributed by atoms with Crippen LogP contribution >= 0.6 is 11.3 Å². The number of nitrogens with zero attached hydrogens (tertiary/aromatic N) is 3. The molecule has 3 heterocycles. The van der Waals surface area contributed by atoms with Crippen molar-refractivity contribution in [1.29, 1.82) is 0 Å². The number of hydrogen-bond donors (Lipinski definition) is 2. The first-order chi connectivity index (χ1) is 14.7. The summed E-state index contributed by atoms with van der Waals surface area (Å²) in [5.74, 6) is 0.739. The minimum Gasteiger partial charge on any atom is -0.352 e. The van der Waals surface area contributed by atoms with Crippen molar-refractivity contribution >= 4 is 33.5 Å². The minimum absolute atomic E-state index is 0.196. The number of aliphatic imine (C=N–C) groups is 1. The van der Waals surface area contributed by atoms with E-state index < -0.39 is 0 Å². The van der Waals surface area contributed by atoms with Crippen LogP contribution in [-0.4, -0.2) is 41.4 Å². The Bertz CT molecular complexity index is 1080. The van der Waals surface area contributed by atoms with E-state index >= 15 is 0 Å². The first-order valence-electron chi connectivity index (χ1n) is 10.4. The average Bonchev–Trinajstić information content (AvgIpc) is 3.10. The molecule has 0 saturated carbocycles. The third kappa shape index (κ3) is 3.82. The highest BCUT2D eigenvalue weighted by atomic mass is 32.1. The minimum atomic E-state index is -0.196. The van der Waals surface area contributed by atoms with Crippen LogP contribution in [0.5, 0.6) is 0 Å². The molecule has 5 rings (SSSR count). The molecule has 2 N–H and O–H groups in total. The average molecular weight is 422 g/mol. The molecule has 2 aliphatic heterocycles. The van der Waals surface area contributed by atoms with Crippen molar-refractivity contribution in [3.05, 3.63) is 70.6 Å². The Balaban J connectivity index is 1.46. The molecule has 1 saturated heterocycles. The van der Waals surface area contributed by atoms with Crippen LogP contribution in [0.3, 0.4) is 0 Å². The Kier molecular flexibility index (Phi) is 5.23. The Morgan fingerprint density at radius 3 is 2.83 bits per heavy atom. The molecule has 0 bridgehead atoms. The number of amidine groups is 1. The first-order valence-corrected chi connectivity index (χ1v) is 11.2. The van der Waals surface area contributed by atoms with Crippen molar-refractivity contribution < 1.29 is 4.39 Å². The van der Waals surface area contributed by atoms with Crippen LogP contribution in [0.4, 0.5) is 20.8 Å². The molecule has 154 valence electrons. The number of rotatable bonds is 3. The molecule has 0 radical (unpaired) electrons. The molecule has 30 heavy (non-hydrogen) atoms. The van der Waals surface area contributed by atoms with Crippen molar-refractivity contribution in [2.45, 2.75) is 25.8 Å². The third-order valence-corrected chi connectivity index (χ3v) is 6.63. The van der Waals surface area contributed by atoms with E-state index in [1.54, 1.807) is 11.3 Å². The number of anilines is 2. The van der Waals surface area contributed by atoms with Crippen molar-refractivity contribution in [2.75, 3.05) is 25.0 Å². The number of fused-ring (bicyclic) bond motifs is 2. The van der Waals surface area contributed by atoms with Gasteiger partial charge in [0.2, 0.25) is 0 Å². The van der Waals surface area contributed by atoms with Gasteiger partial charge in [-0.25, -0.2) is 14.4 Å². The predicted molar refractivity (Wildman–Crippen MR) is 121 cm³/mol. The van der Waals surface area contributed by atoms with Gasteiger partial charge in [-0.2, -0.15) is 0 Å².